The Hall–Kier alpha value is -2.87. The zero-order chi connectivity index (χ0) is 20.3. The summed E-state index contributed by atoms with van der Waals surface area (Å²) in [4.78, 5) is 25.7. The molecular formula is C20H19F3N2O3. The number of hydrogen-bond donors (Lipinski definition) is 0. The minimum absolute atomic E-state index is 0.0667. The molecule has 0 N–H and O–H groups in total. The number of amides is 1. The van der Waals surface area contributed by atoms with E-state index in [1.807, 2.05) is 0 Å². The highest BCUT2D eigenvalue weighted by Crippen LogP contribution is 2.30. The Kier molecular flexibility index (Phi) is 5.69. The zero-order valence-corrected chi connectivity index (χ0v) is 14.9. The predicted molar refractivity (Wildman–Crippen MR) is 96.5 cm³/mol. The quantitative estimate of drug-likeness (QED) is 0.735. The molecule has 1 saturated heterocycles. The third-order valence-electron chi connectivity index (χ3n) is 4.65. The number of halogens is 3. The Labute approximate surface area is 159 Å². The van der Waals surface area contributed by atoms with Crippen molar-refractivity contribution in [1.82, 2.24) is 9.47 Å². The largest absolute Gasteiger partial charge is 0.416 e. The number of carbonyl (C=O) groups excluding carboxylic acids is 1. The minimum atomic E-state index is -4.43. The lowest BCUT2D eigenvalue weighted by molar-refractivity contribution is -0.137. The molecule has 0 bridgehead atoms. The van der Waals surface area contributed by atoms with Crippen LogP contribution in [0.25, 0.3) is 0 Å². The fourth-order valence-electron chi connectivity index (χ4n) is 3.25. The molecule has 2 heterocycles. The molecule has 1 aliphatic heterocycles. The van der Waals surface area contributed by atoms with E-state index < -0.39 is 23.9 Å². The molecule has 0 aliphatic carbocycles. The maximum atomic E-state index is 12.9. The van der Waals surface area contributed by atoms with E-state index >= 15 is 0 Å². The van der Waals surface area contributed by atoms with Crippen LogP contribution in [0.15, 0.2) is 66.1 Å². The third-order valence-corrected chi connectivity index (χ3v) is 4.65. The molecule has 1 aliphatic rings. The van der Waals surface area contributed by atoms with Gasteiger partial charge >= 0.3 is 6.18 Å². The molecule has 1 aromatic heterocycles. The Morgan fingerprint density at radius 3 is 2.68 bits per heavy atom. The molecular weight excluding hydrogens is 373 g/mol. The number of aromatic nitrogens is 1. The summed E-state index contributed by atoms with van der Waals surface area (Å²) in [6, 6.07) is 9.16. The molecule has 1 aromatic carbocycles. The average Bonchev–Trinajstić information content (AvgIpc) is 3.09. The van der Waals surface area contributed by atoms with Gasteiger partial charge in [-0.15, -0.1) is 0 Å². The summed E-state index contributed by atoms with van der Waals surface area (Å²) in [5.41, 5.74) is -0.630. The first-order valence-corrected chi connectivity index (χ1v) is 8.66. The van der Waals surface area contributed by atoms with Gasteiger partial charge in [0.2, 0.25) is 5.91 Å². The van der Waals surface area contributed by atoms with Crippen LogP contribution in [0, 0.1) is 0 Å². The van der Waals surface area contributed by atoms with Crippen molar-refractivity contribution in [3.05, 3.63) is 82.8 Å². The van der Waals surface area contributed by atoms with Crippen molar-refractivity contribution in [1.29, 1.82) is 0 Å². The second-order valence-electron chi connectivity index (χ2n) is 6.51. The second kappa shape index (κ2) is 8.02. The maximum absolute atomic E-state index is 12.9. The summed E-state index contributed by atoms with van der Waals surface area (Å²) in [6.45, 7) is 3.87. The maximum Gasteiger partial charge on any atom is 0.416 e. The van der Waals surface area contributed by atoms with E-state index in [0.29, 0.717) is 5.56 Å². The van der Waals surface area contributed by atoms with Crippen LogP contribution in [0.3, 0.4) is 0 Å². The molecule has 8 heteroatoms. The number of pyridine rings is 1. The molecule has 0 spiro atoms. The standard InChI is InChI=1S/C20H19F3N2O3/c1-2-18(26)24-11-16(25-9-4-3-8-19(25)27)17(12-24)28-13-14-6-5-7-15(10-14)20(21,22)23/h2-10,16-17H,1,11-13H2/t16?,17-/m1/s1. The Bertz CT molecular complexity index is 923. The minimum Gasteiger partial charge on any atom is -0.369 e. The van der Waals surface area contributed by atoms with Crippen molar-refractivity contribution < 1.29 is 22.7 Å². The molecule has 148 valence electrons. The summed E-state index contributed by atoms with van der Waals surface area (Å²) in [5.74, 6) is -0.292. The van der Waals surface area contributed by atoms with E-state index in [2.05, 4.69) is 6.58 Å². The SMILES string of the molecule is C=CC(=O)N1CC(n2ccccc2=O)[C@H](OCc2cccc(C(F)(F)F)c2)C1. The van der Waals surface area contributed by atoms with Crippen LogP contribution in [-0.4, -0.2) is 34.6 Å². The number of likely N-dealkylation sites (tertiary alicyclic amines) is 1. The van der Waals surface area contributed by atoms with E-state index in [1.165, 1.54) is 27.7 Å². The fraction of sp³-hybridized carbons (Fsp3) is 0.300. The van der Waals surface area contributed by atoms with E-state index in [9.17, 15) is 22.8 Å². The first-order valence-electron chi connectivity index (χ1n) is 8.66. The van der Waals surface area contributed by atoms with Crippen LogP contribution in [0.5, 0.6) is 0 Å². The molecule has 5 nitrogen and oxygen atoms in total. The fourth-order valence-corrected chi connectivity index (χ4v) is 3.25. The number of nitrogens with zero attached hydrogens (tertiary/aromatic N) is 2. The van der Waals surface area contributed by atoms with E-state index in [-0.39, 0.29) is 31.2 Å². The van der Waals surface area contributed by atoms with Gasteiger partial charge in [0.05, 0.1) is 24.3 Å². The first kappa shape index (κ1) is 19.9. The molecule has 28 heavy (non-hydrogen) atoms. The molecule has 0 saturated carbocycles. The number of benzene rings is 1. The highest BCUT2D eigenvalue weighted by Gasteiger charge is 2.37. The molecule has 0 radical (unpaired) electrons. The van der Waals surface area contributed by atoms with Gasteiger partial charge in [-0.05, 0) is 29.8 Å². The number of ether oxygens (including phenoxy) is 1. The van der Waals surface area contributed by atoms with E-state index in [0.717, 1.165) is 12.1 Å². The first-order chi connectivity index (χ1) is 13.3. The molecule has 1 fully saturated rings. The van der Waals surface area contributed by atoms with Gasteiger partial charge in [-0.2, -0.15) is 13.2 Å². The molecule has 1 unspecified atom stereocenters. The number of rotatable bonds is 5. The van der Waals surface area contributed by atoms with Crippen molar-refractivity contribution in [3.8, 4) is 0 Å². The summed E-state index contributed by atoms with van der Waals surface area (Å²) in [6.07, 6.45) is -2.19. The normalized spacial score (nSPS) is 19.6. The topological polar surface area (TPSA) is 51.5 Å². The van der Waals surface area contributed by atoms with E-state index in [1.54, 1.807) is 24.4 Å². The molecule has 2 atom stereocenters. The van der Waals surface area contributed by atoms with Gasteiger partial charge in [0, 0.05) is 25.4 Å². The third kappa shape index (κ3) is 4.33. The van der Waals surface area contributed by atoms with Gasteiger partial charge in [0.15, 0.2) is 0 Å². The zero-order valence-electron chi connectivity index (χ0n) is 14.9. The molecule has 1 amide bonds. The van der Waals surface area contributed by atoms with Crippen molar-refractivity contribution >= 4 is 5.91 Å². The van der Waals surface area contributed by atoms with E-state index in [4.69, 9.17) is 4.74 Å². The lowest BCUT2D eigenvalue weighted by Gasteiger charge is -2.21. The summed E-state index contributed by atoms with van der Waals surface area (Å²) >= 11 is 0. The number of carbonyl (C=O) groups is 1. The summed E-state index contributed by atoms with van der Waals surface area (Å²) in [7, 11) is 0. The Morgan fingerprint density at radius 1 is 1.21 bits per heavy atom. The van der Waals surface area contributed by atoms with Crippen molar-refractivity contribution in [3.63, 3.8) is 0 Å². The smallest absolute Gasteiger partial charge is 0.369 e. The van der Waals surface area contributed by atoms with Crippen LogP contribution in [0.4, 0.5) is 13.2 Å². The average molecular weight is 392 g/mol. The lowest BCUT2D eigenvalue weighted by atomic mass is 10.1. The second-order valence-corrected chi connectivity index (χ2v) is 6.51. The number of alkyl halides is 3. The van der Waals surface area contributed by atoms with Crippen LogP contribution < -0.4 is 5.56 Å². The van der Waals surface area contributed by atoms with Gasteiger partial charge in [-0.1, -0.05) is 24.8 Å². The lowest BCUT2D eigenvalue weighted by Crippen LogP contribution is -2.32. The van der Waals surface area contributed by atoms with Gasteiger partial charge in [0.25, 0.3) is 5.56 Å². The van der Waals surface area contributed by atoms with Crippen molar-refractivity contribution in [2.45, 2.75) is 24.9 Å². The predicted octanol–water partition coefficient (Wildman–Crippen LogP) is 3.02. The van der Waals surface area contributed by atoms with Gasteiger partial charge in [-0.25, -0.2) is 0 Å². The van der Waals surface area contributed by atoms with Crippen LogP contribution in [-0.2, 0) is 22.3 Å². The highest BCUT2D eigenvalue weighted by molar-refractivity contribution is 5.87. The Morgan fingerprint density at radius 2 is 2.00 bits per heavy atom. The van der Waals surface area contributed by atoms with Crippen LogP contribution in [0.2, 0.25) is 0 Å². The van der Waals surface area contributed by atoms with Crippen LogP contribution >= 0.6 is 0 Å². The summed E-state index contributed by atoms with van der Waals surface area (Å²) < 4.78 is 46.0. The summed E-state index contributed by atoms with van der Waals surface area (Å²) in [5, 5.41) is 0. The van der Waals surface area contributed by atoms with Gasteiger partial charge < -0.3 is 14.2 Å². The van der Waals surface area contributed by atoms with Crippen molar-refractivity contribution in [2.75, 3.05) is 13.1 Å². The monoisotopic (exact) mass is 392 g/mol. The number of hydrogen-bond acceptors (Lipinski definition) is 3. The molecule has 3 rings (SSSR count). The Balaban J connectivity index is 1.80. The van der Waals surface area contributed by atoms with Crippen LogP contribution in [0.1, 0.15) is 17.2 Å². The molecule has 2 aromatic rings. The van der Waals surface area contributed by atoms with Gasteiger partial charge in [-0.3, -0.25) is 9.59 Å². The van der Waals surface area contributed by atoms with Gasteiger partial charge in [0.1, 0.15) is 0 Å². The van der Waals surface area contributed by atoms with Crippen molar-refractivity contribution in [2.24, 2.45) is 0 Å². The highest BCUT2D eigenvalue weighted by atomic mass is 19.4.